The first-order valence-corrected chi connectivity index (χ1v) is 11.1. The molecule has 3 aromatic rings. The summed E-state index contributed by atoms with van der Waals surface area (Å²) in [6.45, 7) is 0. The van der Waals surface area contributed by atoms with Crippen molar-refractivity contribution in [2.24, 2.45) is 0 Å². The highest BCUT2D eigenvalue weighted by atomic mass is 32.1. The van der Waals surface area contributed by atoms with Crippen LogP contribution in [0.3, 0.4) is 0 Å². The van der Waals surface area contributed by atoms with Crippen molar-refractivity contribution in [3.63, 3.8) is 0 Å². The summed E-state index contributed by atoms with van der Waals surface area (Å²) in [5, 5.41) is 13.7. The molecule has 5 N–H and O–H groups in total. The third-order valence-electron chi connectivity index (χ3n) is 4.31. The van der Waals surface area contributed by atoms with Gasteiger partial charge in [-0.05, 0) is 53.3 Å². The van der Waals surface area contributed by atoms with Crippen molar-refractivity contribution in [3.8, 4) is 16.5 Å². The van der Waals surface area contributed by atoms with Gasteiger partial charge in [-0.1, -0.05) is 24.3 Å². The van der Waals surface area contributed by atoms with E-state index in [0.29, 0.717) is 22.5 Å². The van der Waals surface area contributed by atoms with Gasteiger partial charge in [-0.2, -0.15) is 5.26 Å². The molecule has 1 unspecified atom stereocenters. The van der Waals surface area contributed by atoms with E-state index in [9.17, 15) is 19.1 Å². The first kappa shape index (κ1) is 20.8. The van der Waals surface area contributed by atoms with E-state index in [1.165, 1.54) is 12.1 Å². The highest BCUT2D eigenvalue weighted by Crippen LogP contribution is 2.42. The number of nitrogens with two attached hydrogens (primary N) is 1. The third kappa shape index (κ3) is 5.11. The molecule has 0 aliphatic heterocycles. The third-order valence-corrected chi connectivity index (χ3v) is 6.34. The van der Waals surface area contributed by atoms with Crippen molar-refractivity contribution in [2.45, 2.75) is 12.1 Å². The summed E-state index contributed by atoms with van der Waals surface area (Å²) in [6, 6.07) is 17.2. The highest BCUT2D eigenvalue weighted by molar-refractivity contribution is 7.52. The van der Waals surface area contributed by atoms with Gasteiger partial charge in [0.1, 0.15) is 0 Å². The molecule has 0 aliphatic rings. The Morgan fingerprint density at radius 3 is 2.52 bits per heavy atom. The Kier molecular flexibility index (Phi) is 6.16. The molecular formula is C20H18N3O4PS. The minimum Gasteiger partial charge on any atom is -0.397 e. The molecule has 0 aliphatic carbocycles. The average molecular weight is 427 g/mol. The molecule has 0 saturated heterocycles. The van der Waals surface area contributed by atoms with Crippen LogP contribution in [0.25, 0.3) is 10.4 Å². The van der Waals surface area contributed by atoms with Gasteiger partial charge in [-0.25, -0.2) is 0 Å². The molecule has 7 nitrogen and oxygen atoms in total. The van der Waals surface area contributed by atoms with Gasteiger partial charge in [0.05, 0.1) is 17.4 Å². The summed E-state index contributed by atoms with van der Waals surface area (Å²) in [7, 11) is -4.50. The second-order valence-electron chi connectivity index (χ2n) is 6.37. The molecule has 1 heterocycles. The fourth-order valence-electron chi connectivity index (χ4n) is 2.71. The van der Waals surface area contributed by atoms with E-state index in [1.54, 1.807) is 35.6 Å². The minimum absolute atomic E-state index is 0.0987. The van der Waals surface area contributed by atoms with Gasteiger partial charge in [0.15, 0.2) is 5.66 Å². The molecule has 0 bridgehead atoms. The number of thiophene rings is 1. The number of carbonyl (C=O) groups is 1. The molecule has 0 fully saturated rings. The van der Waals surface area contributed by atoms with Crippen molar-refractivity contribution < 1.29 is 19.1 Å². The van der Waals surface area contributed by atoms with Crippen LogP contribution in [-0.2, 0) is 11.0 Å². The first-order chi connectivity index (χ1) is 13.8. The second-order valence-corrected chi connectivity index (χ2v) is 9.12. The largest absolute Gasteiger partial charge is 0.397 e. The molecule has 9 heteroatoms. The number of nitrogens with zero attached hydrogens (tertiary/aromatic N) is 1. The Balaban J connectivity index is 1.74. The number of nitrogens with one attached hydrogen (secondary N) is 1. The normalized spacial score (nSPS) is 12.2. The number of carbonyl (C=O) groups excluding carboxylic acids is 1. The maximum Gasteiger partial charge on any atom is 0.342 e. The van der Waals surface area contributed by atoms with Gasteiger partial charge in [0.25, 0.3) is 5.91 Å². The zero-order valence-corrected chi connectivity index (χ0v) is 16.9. The van der Waals surface area contributed by atoms with Gasteiger partial charge in [-0.3, -0.25) is 9.36 Å². The van der Waals surface area contributed by atoms with E-state index in [4.69, 9.17) is 11.0 Å². The van der Waals surface area contributed by atoms with Crippen LogP contribution in [0.4, 0.5) is 11.4 Å². The summed E-state index contributed by atoms with van der Waals surface area (Å²) in [5.41, 5.74) is 7.36. The maximum absolute atomic E-state index is 12.6. The number of benzene rings is 2. The van der Waals surface area contributed by atoms with Crippen molar-refractivity contribution >= 4 is 36.2 Å². The van der Waals surface area contributed by atoms with Crippen molar-refractivity contribution in [2.75, 3.05) is 11.1 Å². The Labute approximate surface area is 171 Å². The zero-order chi connectivity index (χ0) is 21.0. The number of nitriles is 1. The van der Waals surface area contributed by atoms with E-state index in [2.05, 4.69) is 5.32 Å². The van der Waals surface area contributed by atoms with Crippen LogP contribution in [0.15, 0.2) is 60.0 Å². The molecule has 1 aromatic heterocycles. The predicted octanol–water partition coefficient (Wildman–Crippen LogP) is 3.86. The summed E-state index contributed by atoms with van der Waals surface area (Å²) in [4.78, 5) is 32.0. The molecule has 0 radical (unpaired) electrons. The molecule has 2 aromatic carbocycles. The molecule has 0 saturated carbocycles. The van der Waals surface area contributed by atoms with Crippen molar-refractivity contribution in [3.05, 3.63) is 71.1 Å². The van der Waals surface area contributed by atoms with Crippen LogP contribution in [0.5, 0.6) is 0 Å². The fraction of sp³-hybridized carbons (Fsp3) is 0.100. The molecule has 29 heavy (non-hydrogen) atoms. The lowest BCUT2D eigenvalue weighted by Gasteiger charge is -2.12. The summed E-state index contributed by atoms with van der Waals surface area (Å²) in [5.74, 6) is -0.363. The van der Waals surface area contributed by atoms with Crippen LogP contribution in [0, 0.1) is 11.3 Å². The Morgan fingerprint density at radius 1 is 1.21 bits per heavy atom. The van der Waals surface area contributed by atoms with Gasteiger partial charge >= 0.3 is 7.60 Å². The second kappa shape index (κ2) is 8.60. The SMILES string of the molecule is N#CC(Cc1ccc(C(=O)Nc2cc(-c3cccs3)ccc2N)cc1)P(=O)(O)O. The van der Waals surface area contributed by atoms with E-state index < -0.39 is 13.3 Å². The van der Waals surface area contributed by atoms with Crippen LogP contribution in [0.1, 0.15) is 15.9 Å². The molecule has 148 valence electrons. The maximum atomic E-state index is 12.6. The number of nitrogen functional groups attached to an aromatic ring is 1. The lowest BCUT2D eigenvalue weighted by molar-refractivity contribution is 0.102. The standard InChI is InChI=1S/C20H18N3O4PS/c21-12-16(28(25,26)27)10-13-3-5-14(6-4-13)20(24)23-18-11-15(7-8-17(18)22)19-2-1-9-29-19/h1-9,11,16H,10,22H2,(H,23,24)(H2,25,26,27). The van der Waals surface area contributed by atoms with Gasteiger partial charge in [0, 0.05) is 10.4 Å². The average Bonchev–Trinajstić information content (AvgIpc) is 3.22. The molecule has 3 rings (SSSR count). The quantitative estimate of drug-likeness (QED) is 0.348. The highest BCUT2D eigenvalue weighted by Gasteiger charge is 2.28. The Bertz CT molecular complexity index is 1100. The number of hydrogen-bond acceptors (Lipinski definition) is 5. The minimum atomic E-state index is -4.50. The summed E-state index contributed by atoms with van der Waals surface area (Å²) >= 11 is 1.58. The molecular weight excluding hydrogens is 409 g/mol. The number of amides is 1. The van der Waals surface area contributed by atoms with Crippen LogP contribution in [0.2, 0.25) is 0 Å². The topological polar surface area (TPSA) is 136 Å². The number of rotatable bonds is 6. The Hall–Kier alpha value is -2.95. The first-order valence-electron chi connectivity index (χ1n) is 8.56. The van der Waals surface area contributed by atoms with Gasteiger partial charge < -0.3 is 20.8 Å². The smallest absolute Gasteiger partial charge is 0.342 e. The summed E-state index contributed by atoms with van der Waals surface area (Å²) in [6.07, 6.45) is -0.0987. The van der Waals surface area contributed by atoms with E-state index in [-0.39, 0.29) is 12.3 Å². The van der Waals surface area contributed by atoms with E-state index >= 15 is 0 Å². The van der Waals surface area contributed by atoms with Crippen molar-refractivity contribution in [1.29, 1.82) is 5.26 Å². The predicted molar refractivity (Wildman–Crippen MR) is 114 cm³/mol. The Morgan fingerprint density at radius 2 is 1.93 bits per heavy atom. The van der Waals surface area contributed by atoms with Gasteiger partial charge in [-0.15, -0.1) is 11.3 Å². The van der Waals surface area contributed by atoms with Gasteiger partial charge in [0.2, 0.25) is 0 Å². The summed E-state index contributed by atoms with van der Waals surface area (Å²) < 4.78 is 11.3. The van der Waals surface area contributed by atoms with E-state index in [0.717, 1.165) is 10.4 Å². The van der Waals surface area contributed by atoms with Crippen LogP contribution >= 0.6 is 18.9 Å². The van der Waals surface area contributed by atoms with E-state index in [1.807, 2.05) is 29.6 Å². The fourth-order valence-corrected chi connectivity index (χ4v) is 4.03. The molecule has 1 amide bonds. The van der Waals surface area contributed by atoms with Crippen LogP contribution in [-0.4, -0.2) is 21.4 Å². The molecule has 0 spiro atoms. The van der Waals surface area contributed by atoms with Crippen molar-refractivity contribution in [1.82, 2.24) is 0 Å². The lowest BCUT2D eigenvalue weighted by atomic mass is 10.1. The monoisotopic (exact) mass is 427 g/mol. The number of anilines is 2. The lowest BCUT2D eigenvalue weighted by Crippen LogP contribution is -2.14. The number of hydrogen-bond donors (Lipinski definition) is 4. The zero-order valence-electron chi connectivity index (χ0n) is 15.1. The molecule has 1 atom stereocenters. The van der Waals surface area contributed by atoms with Crippen LogP contribution < -0.4 is 11.1 Å².